The second kappa shape index (κ2) is 6.62. The van der Waals surface area contributed by atoms with Gasteiger partial charge in [0.1, 0.15) is 5.60 Å². The molecule has 0 aliphatic heterocycles. The Kier molecular flexibility index (Phi) is 4.44. The van der Waals surface area contributed by atoms with Crippen molar-refractivity contribution in [2.45, 2.75) is 45.6 Å². The quantitative estimate of drug-likeness (QED) is 0.568. The molecule has 1 saturated carbocycles. The summed E-state index contributed by atoms with van der Waals surface area (Å²) in [5, 5.41) is 2.27. The van der Waals surface area contributed by atoms with Gasteiger partial charge in [0.2, 0.25) is 0 Å². The fraction of sp³-hybridized carbons (Fsp3) is 0.478. The van der Waals surface area contributed by atoms with Crippen LogP contribution in [0.1, 0.15) is 45.7 Å². The Hall–Kier alpha value is -2.00. The molecule has 3 aromatic rings. The fourth-order valence-electron chi connectivity index (χ4n) is 4.93. The van der Waals surface area contributed by atoms with E-state index in [4.69, 9.17) is 9.72 Å². The lowest BCUT2D eigenvalue weighted by molar-refractivity contribution is -0.119. The van der Waals surface area contributed by atoms with Crippen LogP contribution in [0.2, 0.25) is 0 Å². The number of methoxy groups -OCH3 is 1. The summed E-state index contributed by atoms with van der Waals surface area (Å²) < 4.78 is 6.29. The Balaban J connectivity index is 1.94. The lowest BCUT2D eigenvalue weighted by Gasteiger charge is -2.47. The molecule has 0 N–H and O–H groups in total. The molecule has 1 aliphatic carbocycles. The van der Waals surface area contributed by atoms with Crippen molar-refractivity contribution in [2.75, 3.05) is 7.11 Å². The second-order valence-corrected chi connectivity index (χ2v) is 8.24. The number of hydrogen-bond acceptors (Lipinski definition) is 3. The maximum atomic E-state index is 6.29. The second-order valence-electron chi connectivity index (χ2n) is 8.24. The lowest BCUT2D eigenvalue weighted by atomic mass is 9.65. The lowest BCUT2D eigenvalue weighted by Crippen LogP contribution is -2.45. The van der Waals surface area contributed by atoms with E-state index in [1.165, 1.54) is 12.8 Å². The Bertz CT molecular complexity index is 936. The van der Waals surface area contributed by atoms with E-state index in [9.17, 15) is 0 Å². The van der Waals surface area contributed by atoms with Crippen LogP contribution in [-0.4, -0.2) is 17.1 Å². The Morgan fingerprint density at radius 1 is 1.04 bits per heavy atom. The molecule has 2 heterocycles. The van der Waals surface area contributed by atoms with Gasteiger partial charge in [-0.15, -0.1) is 0 Å². The smallest absolute Gasteiger partial charge is 0.113 e. The van der Waals surface area contributed by atoms with E-state index in [-0.39, 0.29) is 5.60 Å². The van der Waals surface area contributed by atoms with Crippen molar-refractivity contribution in [2.24, 2.45) is 17.8 Å². The average Bonchev–Trinajstić information content (AvgIpc) is 2.67. The van der Waals surface area contributed by atoms with Gasteiger partial charge in [0.25, 0.3) is 0 Å². The van der Waals surface area contributed by atoms with E-state index in [2.05, 4.69) is 56.1 Å². The van der Waals surface area contributed by atoms with E-state index in [0.717, 1.165) is 33.9 Å². The Morgan fingerprint density at radius 3 is 2.50 bits per heavy atom. The minimum absolute atomic E-state index is 0.309. The highest BCUT2D eigenvalue weighted by Gasteiger charge is 2.47. The summed E-state index contributed by atoms with van der Waals surface area (Å²) in [4.78, 5) is 9.76. The van der Waals surface area contributed by atoms with Gasteiger partial charge in [0.15, 0.2) is 0 Å². The normalized spacial score (nSPS) is 26.7. The van der Waals surface area contributed by atoms with Gasteiger partial charge in [-0.3, -0.25) is 4.98 Å². The van der Waals surface area contributed by atoms with Crippen molar-refractivity contribution in [3.63, 3.8) is 0 Å². The maximum absolute atomic E-state index is 6.29. The third kappa shape index (κ3) is 2.69. The molecule has 4 rings (SSSR count). The number of hydrogen-bond donors (Lipinski definition) is 0. The average molecular weight is 348 g/mol. The van der Waals surface area contributed by atoms with Gasteiger partial charge in [0, 0.05) is 24.1 Å². The van der Waals surface area contributed by atoms with Gasteiger partial charge < -0.3 is 4.74 Å². The summed E-state index contributed by atoms with van der Waals surface area (Å²) in [6.45, 7) is 6.96. The zero-order valence-corrected chi connectivity index (χ0v) is 16.2. The van der Waals surface area contributed by atoms with Crippen LogP contribution in [0.5, 0.6) is 0 Å². The van der Waals surface area contributed by atoms with E-state index in [0.29, 0.717) is 17.8 Å². The molecule has 3 nitrogen and oxygen atoms in total. The highest BCUT2D eigenvalue weighted by molar-refractivity contribution is 6.02. The minimum atomic E-state index is -0.309. The number of ether oxygens (including phenoxy) is 1. The topological polar surface area (TPSA) is 35.0 Å². The molecule has 3 atom stereocenters. The molecular formula is C23H28N2O. The molecule has 1 aromatic carbocycles. The zero-order chi connectivity index (χ0) is 18.3. The number of pyridine rings is 2. The van der Waals surface area contributed by atoms with E-state index < -0.39 is 0 Å². The maximum Gasteiger partial charge on any atom is 0.113 e. The molecule has 0 radical (unpaired) electrons. The summed E-state index contributed by atoms with van der Waals surface area (Å²) in [5.41, 5.74) is 2.72. The number of benzene rings is 1. The molecule has 136 valence electrons. The summed E-state index contributed by atoms with van der Waals surface area (Å²) in [6.07, 6.45) is 5.34. The van der Waals surface area contributed by atoms with E-state index >= 15 is 0 Å². The number of fused-ring (bicyclic) bond motifs is 3. The summed E-state index contributed by atoms with van der Waals surface area (Å²) in [5.74, 6) is 1.69. The summed E-state index contributed by atoms with van der Waals surface area (Å²) in [7, 11) is 1.86. The van der Waals surface area contributed by atoms with Gasteiger partial charge >= 0.3 is 0 Å². The SMILES string of the molecule is COC1(c2ccc3ccc4cccnc4c3n2)CC(C)CCC1C(C)C. The van der Waals surface area contributed by atoms with Crippen LogP contribution >= 0.6 is 0 Å². The van der Waals surface area contributed by atoms with Crippen LogP contribution in [0.3, 0.4) is 0 Å². The van der Waals surface area contributed by atoms with Crippen molar-refractivity contribution >= 4 is 21.8 Å². The van der Waals surface area contributed by atoms with E-state index in [1.807, 2.05) is 19.4 Å². The van der Waals surface area contributed by atoms with Crippen molar-refractivity contribution in [3.8, 4) is 0 Å². The predicted octanol–water partition coefficient (Wildman–Crippen LogP) is 5.72. The van der Waals surface area contributed by atoms with Gasteiger partial charge in [-0.1, -0.05) is 51.5 Å². The highest BCUT2D eigenvalue weighted by atomic mass is 16.5. The molecule has 3 unspecified atom stereocenters. The van der Waals surface area contributed by atoms with E-state index in [1.54, 1.807) is 0 Å². The molecule has 0 amide bonds. The molecule has 1 fully saturated rings. The third-order valence-electron chi connectivity index (χ3n) is 6.26. The van der Waals surface area contributed by atoms with Crippen molar-refractivity contribution < 1.29 is 4.74 Å². The molecule has 0 spiro atoms. The molecule has 1 aliphatic rings. The standard InChI is InChI=1S/C23H28N2O/c1-15(2)19-11-7-16(3)14-23(19,26-4)20-12-10-18-9-8-17-6-5-13-24-21(17)22(18)25-20/h5-6,8-10,12-13,15-16,19H,7,11,14H2,1-4H3. The van der Waals surface area contributed by atoms with Crippen molar-refractivity contribution in [3.05, 3.63) is 48.3 Å². The predicted molar refractivity (Wildman–Crippen MR) is 107 cm³/mol. The molecule has 2 aromatic heterocycles. The molecule has 26 heavy (non-hydrogen) atoms. The Morgan fingerprint density at radius 2 is 1.77 bits per heavy atom. The van der Waals surface area contributed by atoms with Crippen LogP contribution in [-0.2, 0) is 10.3 Å². The number of rotatable bonds is 3. The first-order valence-electron chi connectivity index (χ1n) is 9.75. The fourth-order valence-corrected chi connectivity index (χ4v) is 4.93. The highest BCUT2D eigenvalue weighted by Crippen LogP contribution is 2.49. The first-order chi connectivity index (χ1) is 12.5. The van der Waals surface area contributed by atoms with Crippen LogP contribution in [0, 0.1) is 17.8 Å². The third-order valence-corrected chi connectivity index (χ3v) is 6.26. The summed E-state index contributed by atoms with van der Waals surface area (Å²) in [6, 6.07) is 12.7. The molecule has 0 bridgehead atoms. The van der Waals surface area contributed by atoms with Gasteiger partial charge in [-0.25, -0.2) is 4.98 Å². The number of nitrogens with zero attached hydrogens (tertiary/aromatic N) is 2. The zero-order valence-electron chi connectivity index (χ0n) is 16.2. The van der Waals surface area contributed by atoms with Crippen molar-refractivity contribution in [1.82, 2.24) is 9.97 Å². The molecular weight excluding hydrogens is 320 g/mol. The summed E-state index contributed by atoms with van der Waals surface area (Å²) >= 11 is 0. The number of aromatic nitrogens is 2. The van der Waals surface area contributed by atoms with Crippen LogP contribution in [0.15, 0.2) is 42.6 Å². The Labute approximate surface area is 155 Å². The minimum Gasteiger partial charge on any atom is -0.372 e. The van der Waals surface area contributed by atoms with Crippen LogP contribution in [0.25, 0.3) is 21.8 Å². The largest absolute Gasteiger partial charge is 0.372 e. The van der Waals surface area contributed by atoms with Crippen LogP contribution < -0.4 is 0 Å². The molecule has 0 saturated heterocycles. The molecule has 3 heteroatoms. The van der Waals surface area contributed by atoms with Crippen LogP contribution in [0.4, 0.5) is 0 Å². The monoisotopic (exact) mass is 348 g/mol. The first-order valence-corrected chi connectivity index (χ1v) is 9.75. The van der Waals surface area contributed by atoms with Gasteiger partial charge in [-0.2, -0.15) is 0 Å². The van der Waals surface area contributed by atoms with Gasteiger partial charge in [0.05, 0.1) is 16.7 Å². The first kappa shape index (κ1) is 17.4. The van der Waals surface area contributed by atoms with Gasteiger partial charge in [-0.05, 0) is 42.7 Å². The van der Waals surface area contributed by atoms with Crippen molar-refractivity contribution in [1.29, 1.82) is 0 Å².